The van der Waals surface area contributed by atoms with Crippen molar-refractivity contribution in [2.75, 3.05) is 0 Å². The maximum absolute atomic E-state index is 13.3. The molecule has 6 heteroatoms. The Morgan fingerprint density at radius 1 is 1.32 bits per heavy atom. The first-order valence-electron chi connectivity index (χ1n) is 5.78. The maximum atomic E-state index is 13.3. The lowest BCUT2D eigenvalue weighted by Gasteiger charge is -2.15. The van der Waals surface area contributed by atoms with E-state index in [-0.39, 0.29) is 17.9 Å². The second-order valence-electron chi connectivity index (χ2n) is 4.73. The normalized spacial score (nSPS) is 13.7. The molecule has 19 heavy (non-hydrogen) atoms. The Bertz CT molecular complexity index is 468. The smallest absolute Gasteiger partial charge is 0.327 e. The summed E-state index contributed by atoms with van der Waals surface area (Å²) in [6.45, 7) is 3.65. The van der Waals surface area contributed by atoms with Gasteiger partial charge in [-0.1, -0.05) is 19.9 Å². The van der Waals surface area contributed by atoms with Crippen molar-refractivity contribution in [1.82, 2.24) is 0 Å². The Kier molecular flexibility index (Phi) is 4.68. The van der Waals surface area contributed by atoms with Crippen molar-refractivity contribution in [2.45, 2.75) is 32.5 Å². The molecule has 1 rings (SSSR count). The van der Waals surface area contributed by atoms with Gasteiger partial charge in [0.25, 0.3) is 0 Å². The zero-order valence-corrected chi connectivity index (χ0v) is 10.6. The van der Waals surface area contributed by atoms with Gasteiger partial charge in [-0.15, -0.1) is 0 Å². The van der Waals surface area contributed by atoms with Crippen LogP contribution >= 0.6 is 0 Å². The van der Waals surface area contributed by atoms with Crippen molar-refractivity contribution in [3.8, 4) is 0 Å². The third-order valence-electron chi connectivity index (χ3n) is 2.87. The van der Waals surface area contributed by atoms with Crippen molar-refractivity contribution in [1.29, 1.82) is 0 Å². The van der Waals surface area contributed by atoms with E-state index >= 15 is 0 Å². The molecule has 2 N–H and O–H groups in total. The van der Waals surface area contributed by atoms with Crippen molar-refractivity contribution in [3.05, 3.63) is 35.1 Å². The van der Waals surface area contributed by atoms with Crippen LogP contribution in [0.3, 0.4) is 0 Å². The standard InChI is InChI=1S/C13H15F4NO/c1-7(2)11(18)6-12(19)8-3-4-9(10(14)5-8)13(15,16)17/h3-5,7,11H,6,18H2,1-2H3. The molecular formula is C13H15F4NO. The molecule has 0 aromatic heterocycles. The van der Waals surface area contributed by atoms with E-state index in [0.29, 0.717) is 12.1 Å². The van der Waals surface area contributed by atoms with Crippen molar-refractivity contribution < 1.29 is 22.4 Å². The lowest BCUT2D eigenvalue weighted by atomic mass is 9.96. The highest BCUT2D eigenvalue weighted by Crippen LogP contribution is 2.31. The molecule has 0 saturated heterocycles. The third kappa shape index (κ3) is 4.02. The number of Topliss-reactive ketones (excluding diaryl/α,β-unsaturated/α-hetero) is 1. The summed E-state index contributed by atoms with van der Waals surface area (Å²) in [4.78, 5) is 11.7. The quantitative estimate of drug-likeness (QED) is 0.677. The average molecular weight is 277 g/mol. The van der Waals surface area contributed by atoms with Gasteiger partial charge in [-0.05, 0) is 18.1 Å². The van der Waals surface area contributed by atoms with E-state index < -0.39 is 29.4 Å². The number of ketones is 1. The molecule has 1 atom stereocenters. The number of hydrogen-bond acceptors (Lipinski definition) is 2. The van der Waals surface area contributed by atoms with Crippen LogP contribution < -0.4 is 5.73 Å². The molecule has 0 radical (unpaired) electrons. The van der Waals surface area contributed by atoms with E-state index in [2.05, 4.69) is 0 Å². The fraction of sp³-hybridized carbons (Fsp3) is 0.462. The minimum Gasteiger partial charge on any atom is -0.327 e. The summed E-state index contributed by atoms with van der Waals surface area (Å²) in [6, 6.07) is 1.75. The molecule has 0 heterocycles. The summed E-state index contributed by atoms with van der Waals surface area (Å²) < 4.78 is 50.4. The zero-order chi connectivity index (χ0) is 14.8. The van der Waals surface area contributed by atoms with Crippen molar-refractivity contribution in [3.63, 3.8) is 0 Å². The molecule has 0 bridgehead atoms. The lowest BCUT2D eigenvalue weighted by Crippen LogP contribution is -2.29. The molecule has 1 unspecified atom stereocenters. The first-order valence-corrected chi connectivity index (χ1v) is 5.78. The van der Waals surface area contributed by atoms with Gasteiger partial charge in [-0.3, -0.25) is 4.79 Å². The predicted octanol–water partition coefficient (Wildman–Crippen LogP) is 3.40. The van der Waals surface area contributed by atoms with Crippen LogP contribution in [0.15, 0.2) is 18.2 Å². The fourth-order valence-electron chi connectivity index (χ4n) is 1.49. The van der Waals surface area contributed by atoms with E-state index in [9.17, 15) is 22.4 Å². The molecule has 1 aromatic carbocycles. The molecule has 1 aromatic rings. The minimum atomic E-state index is -4.76. The van der Waals surface area contributed by atoms with Gasteiger partial charge in [-0.25, -0.2) is 4.39 Å². The van der Waals surface area contributed by atoms with Crippen LogP contribution in [-0.2, 0) is 6.18 Å². The number of benzene rings is 1. The number of rotatable bonds is 4. The van der Waals surface area contributed by atoms with E-state index in [1.807, 2.05) is 13.8 Å². The Labute approximate surface area is 108 Å². The van der Waals surface area contributed by atoms with Crippen LogP contribution in [0.4, 0.5) is 17.6 Å². The molecule has 0 amide bonds. The summed E-state index contributed by atoms with van der Waals surface area (Å²) in [5.74, 6) is -1.85. The Balaban J connectivity index is 2.93. The molecule has 2 nitrogen and oxygen atoms in total. The van der Waals surface area contributed by atoms with Crippen LogP contribution in [-0.4, -0.2) is 11.8 Å². The monoisotopic (exact) mass is 277 g/mol. The summed E-state index contributed by atoms with van der Waals surface area (Å²) in [7, 11) is 0. The van der Waals surface area contributed by atoms with Gasteiger partial charge in [0, 0.05) is 18.0 Å². The fourth-order valence-corrected chi connectivity index (χ4v) is 1.49. The highest BCUT2D eigenvalue weighted by atomic mass is 19.4. The van der Waals surface area contributed by atoms with Gasteiger partial charge in [0.15, 0.2) is 5.78 Å². The van der Waals surface area contributed by atoms with Gasteiger partial charge in [0.05, 0.1) is 5.56 Å². The van der Waals surface area contributed by atoms with Gasteiger partial charge in [-0.2, -0.15) is 13.2 Å². The number of halogens is 4. The van der Waals surface area contributed by atoms with Gasteiger partial charge in [0.1, 0.15) is 5.82 Å². The molecule has 0 spiro atoms. The molecular weight excluding hydrogens is 262 g/mol. The van der Waals surface area contributed by atoms with Crippen LogP contribution in [0.2, 0.25) is 0 Å². The zero-order valence-electron chi connectivity index (χ0n) is 10.6. The second-order valence-corrected chi connectivity index (χ2v) is 4.73. The number of carbonyl (C=O) groups excluding carboxylic acids is 1. The topological polar surface area (TPSA) is 43.1 Å². The summed E-state index contributed by atoms with van der Waals surface area (Å²) in [6.07, 6.45) is -4.79. The van der Waals surface area contributed by atoms with Crippen LogP contribution in [0.5, 0.6) is 0 Å². The number of nitrogens with two attached hydrogens (primary N) is 1. The lowest BCUT2D eigenvalue weighted by molar-refractivity contribution is -0.140. The number of carbonyl (C=O) groups is 1. The van der Waals surface area contributed by atoms with E-state index in [1.165, 1.54) is 0 Å². The van der Waals surface area contributed by atoms with E-state index in [0.717, 1.165) is 6.07 Å². The summed E-state index contributed by atoms with van der Waals surface area (Å²) in [5.41, 5.74) is 4.22. The van der Waals surface area contributed by atoms with Crippen LogP contribution in [0.1, 0.15) is 36.2 Å². The number of hydrogen-bond donors (Lipinski definition) is 1. The van der Waals surface area contributed by atoms with E-state index in [4.69, 9.17) is 5.73 Å². The Hall–Kier alpha value is -1.43. The second kappa shape index (κ2) is 5.69. The minimum absolute atomic E-state index is 0.0253. The van der Waals surface area contributed by atoms with Gasteiger partial charge in [0.2, 0.25) is 0 Å². The molecule has 0 aliphatic heterocycles. The SMILES string of the molecule is CC(C)C(N)CC(=O)c1ccc(C(F)(F)F)c(F)c1. The summed E-state index contributed by atoms with van der Waals surface area (Å²) >= 11 is 0. The molecule has 0 fully saturated rings. The average Bonchev–Trinajstić information content (AvgIpc) is 2.26. The largest absolute Gasteiger partial charge is 0.419 e. The molecule has 0 aliphatic rings. The Morgan fingerprint density at radius 3 is 2.32 bits per heavy atom. The van der Waals surface area contributed by atoms with Crippen molar-refractivity contribution >= 4 is 5.78 Å². The highest BCUT2D eigenvalue weighted by Gasteiger charge is 2.34. The predicted molar refractivity (Wildman–Crippen MR) is 63.2 cm³/mol. The van der Waals surface area contributed by atoms with Crippen LogP contribution in [0.25, 0.3) is 0 Å². The van der Waals surface area contributed by atoms with Gasteiger partial charge < -0.3 is 5.73 Å². The first kappa shape index (κ1) is 15.6. The molecule has 106 valence electrons. The van der Waals surface area contributed by atoms with Crippen LogP contribution in [0, 0.1) is 11.7 Å². The maximum Gasteiger partial charge on any atom is 0.419 e. The molecule has 0 aliphatic carbocycles. The highest BCUT2D eigenvalue weighted by molar-refractivity contribution is 5.96. The third-order valence-corrected chi connectivity index (χ3v) is 2.87. The first-order chi connectivity index (χ1) is 8.62. The number of alkyl halides is 3. The van der Waals surface area contributed by atoms with Crippen molar-refractivity contribution in [2.24, 2.45) is 11.7 Å². The van der Waals surface area contributed by atoms with Gasteiger partial charge >= 0.3 is 6.18 Å². The summed E-state index contributed by atoms with van der Waals surface area (Å²) in [5, 5.41) is 0. The van der Waals surface area contributed by atoms with E-state index in [1.54, 1.807) is 0 Å². The molecule has 0 saturated carbocycles. The Morgan fingerprint density at radius 2 is 1.89 bits per heavy atom.